The van der Waals surface area contributed by atoms with Crippen LogP contribution in [0.1, 0.15) is 18.5 Å². The van der Waals surface area contributed by atoms with E-state index >= 15 is 0 Å². The monoisotopic (exact) mass is 373 g/mol. The van der Waals surface area contributed by atoms with E-state index < -0.39 is 0 Å². The van der Waals surface area contributed by atoms with E-state index in [0.717, 1.165) is 21.5 Å². The maximum absolute atomic E-state index is 6.27. The molecular formula is C15H14BrCl2NO. The lowest BCUT2D eigenvalue weighted by atomic mass is 10.1. The van der Waals surface area contributed by atoms with Gasteiger partial charge < -0.3 is 10.1 Å². The standard InChI is InChI=1S/C15H14BrCl2NO/c1-9(12-5-3-10(16)7-13(12)18)19-14-8-11(17)4-6-15(14)20-2/h3-9,19H,1-2H3. The zero-order valence-corrected chi connectivity index (χ0v) is 14.2. The van der Waals surface area contributed by atoms with Gasteiger partial charge in [-0.1, -0.05) is 45.2 Å². The Labute approximate surface area is 137 Å². The molecule has 0 heterocycles. The molecule has 0 aliphatic heterocycles. The predicted octanol–water partition coefficient (Wildman–Crippen LogP) is 5.94. The molecule has 0 aliphatic rings. The third-order valence-electron chi connectivity index (χ3n) is 2.96. The van der Waals surface area contributed by atoms with Crippen molar-refractivity contribution in [1.29, 1.82) is 0 Å². The SMILES string of the molecule is COc1ccc(Cl)cc1NC(C)c1ccc(Br)cc1Cl. The molecule has 2 aromatic rings. The Morgan fingerprint density at radius 2 is 1.90 bits per heavy atom. The molecule has 0 saturated heterocycles. The van der Waals surface area contributed by atoms with E-state index in [2.05, 4.69) is 21.2 Å². The number of ether oxygens (including phenoxy) is 1. The number of anilines is 1. The van der Waals surface area contributed by atoms with Crippen LogP contribution in [0.15, 0.2) is 40.9 Å². The van der Waals surface area contributed by atoms with Crippen LogP contribution in [0.4, 0.5) is 5.69 Å². The van der Waals surface area contributed by atoms with Gasteiger partial charge in [-0.15, -0.1) is 0 Å². The minimum absolute atomic E-state index is 0.0305. The summed E-state index contributed by atoms with van der Waals surface area (Å²) in [7, 11) is 1.63. The summed E-state index contributed by atoms with van der Waals surface area (Å²) in [5, 5.41) is 4.73. The van der Waals surface area contributed by atoms with E-state index in [1.807, 2.05) is 37.3 Å². The molecule has 1 N–H and O–H groups in total. The third kappa shape index (κ3) is 3.60. The molecule has 2 nitrogen and oxygen atoms in total. The number of methoxy groups -OCH3 is 1. The number of hydrogen-bond donors (Lipinski definition) is 1. The average molecular weight is 375 g/mol. The van der Waals surface area contributed by atoms with Gasteiger partial charge >= 0.3 is 0 Å². The largest absolute Gasteiger partial charge is 0.495 e. The maximum atomic E-state index is 6.27. The molecule has 0 fully saturated rings. The molecule has 0 aromatic heterocycles. The lowest BCUT2D eigenvalue weighted by molar-refractivity contribution is 0.416. The first-order valence-corrected chi connectivity index (χ1v) is 7.61. The average Bonchev–Trinajstić information content (AvgIpc) is 2.38. The summed E-state index contributed by atoms with van der Waals surface area (Å²) in [6.07, 6.45) is 0. The molecule has 1 unspecified atom stereocenters. The van der Waals surface area contributed by atoms with Crippen LogP contribution in [0.25, 0.3) is 0 Å². The molecule has 2 aromatic carbocycles. The van der Waals surface area contributed by atoms with Crippen LogP contribution in [0, 0.1) is 0 Å². The Balaban J connectivity index is 2.27. The van der Waals surface area contributed by atoms with Gasteiger partial charge in [-0.3, -0.25) is 0 Å². The fourth-order valence-corrected chi connectivity index (χ4v) is 2.97. The molecule has 5 heteroatoms. The van der Waals surface area contributed by atoms with Crippen LogP contribution in [0.3, 0.4) is 0 Å². The second-order valence-corrected chi connectivity index (χ2v) is 6.14. The highest BCUT2D eigenvalue weighted by molar-refractivity contribution is 9.10. The maximum Gasteiger partial charge on any atom is 0.142 e. The second kappa shape index (κ2) is 6.70. The highest BCUT2D eigenvalue weighted by Crippen LogP contribution is 2.33. The van der Waals surface area contributed by atoms with Crippen molar-refractivity contribution in [3.63, 3.8) is 0 Å². The first-order valence-electron chi connectivity index (χ1n) is 6.06. The Hall–Kier alpha value is -0.900. The molecule has 0 spiro atoms. The summed E-state index contributed by atoms with van der Waals surface area (Å²) in [6.45, 7) is 2.04. The summed E-state index contributed by atoms with van der Waals surface area (Å²) < 4.78 is 6.28. The molecule has 0 amide bonds. The van der Waals surface area contributed by atoms with Crippen molar-refractivity contribution in [2.45, 2.75) is 13.0 Å². The lowest BCUT2D eigenvalue weighted by Gasteiger charge is -2.19. The van der Waals surface area contributed by atoms with E-state index in [1.165, 1.54) is 0 Å². The molecule has 106 valence electrons. The Kier molecular flexibility index (Phi) is 5.19. The number of benzene rings is 2. The van der Waals surface area contributed by atoms with Crippen LogP contribution >= 0.6 is 39.1 Å². The zero-order valence-electron chi connectivity index (χ0n) is 11.1. The van der Waals surface area contributed by atoms with Gasteiger partial charge in [0.2, 0.25) is 0 Å². The summed E-state index contributed by atoms with van der Waals surface area (Å²) >= 11 is 15.7. The Bertz CT molecular complexity index is 619. The summed E-state index contributed by atoms with van der Waals surface area (Å²) in [4.78, 5) is 0. The number of halogens is 3. The van der Waals surface area contributed by atoms with Crippen molar-refractivity contribution < 1.29 is 4.74 Å². The fourth-order valence-electron chi connectivity index (χ4n) is 1.96. The van der Waals surface area contributed by atoms with Gasteiger partial charge in [0.1, 0.15) is 5.75 Å². The normalized spacial score (nSPS) is 12.1. The minimum atomic E-state index is 0.0305. The van der Waals surface area contributed by atoms with Gasteiger partial charge in [0, 0.05) is 14.5 Å². The van der Waals surface area contributed by atoms with Gasteiger partial charge in [0.15, 0.2) is 0 Å². The molecule has 0 radical (unpaired) electrons. The van der Waals surface area contributed by atoms with Crippen molar-refractivity contribution in [3.8, 4) is 5.75 Å². The highest BCUT2D eigenvalue weighted by atomic mass is 79.9. The number of hydrogen-bond acceptors (Lipinski definition) is 2. The van der Waals surface area contributed by atoms with Crippen molar-refractivity contribution in [3.05, 3.63) is 56.5 Å². The second-order valence-electron chi connectivity index (χ2n) is 4.38. The van der Waals surface area contributed by atoms with E-state index in [-0.39, 0.29) is 6.04 Å². The summed E-state index contributed by atoms with van der Waals surface area (Å²) in [6, 6.07) is 11.3. The molecule has 20 heavy (non-hydrogen) atoms. The van der Waals surface area contributed by atoms with Gasteiger partial charge in [-0.2, -0.15) is 0 Å². The quantitative estimate of drug-likeness (QED) is 0.715. The molecule has 0 saturated carbocycles. The first kappa shape index (κ1) is 15.5. The van der Waals surface area contributed by atoms with Crippen LogP contribution in [-0.2, 0) is 0 Å². The van der Waals surface area contributed by atoms with E-state index in [4.69, 9.17) is 27.9 Å². The van der Waals surface area contributed by atoms with Crippen LogP contribution in [0.2, 0.25) is 10.0 Å². The molecule has 0 bridgehead atoms. The minimum Gasteiger partial charge on any atom is -0.495 e. The topological polar surface area (TPSA) is 21.3 Å². The first-order chi connectivity index (χ1) is 9.51. The van der Waals surface area contributed by atoms with Crippen molar-refractivity contribution in [1.82, 2.24) is 0 Å². The predicted molar refractivity (Wildman–Crippen MR) is 89.2 cm³/mol. The number of nitrogens with one attached hydrogen (secondary N) is 1. The van der Waals surface area contributed by atoms with Gasteiger partial charge in [0.05, 0.1) is 18.8 Å². The molecule has 2 rings (SSSR count). The summed E-state index contributed by atoms with van der Waals surface area (Å²) in [5.74, 6) is 0.745. The van der Waals surface area contributed by atoms with Crippen LogP contribution < -0.4 is 10.1 Å². The van der Waals surface area contributed by atoms with Crippen LogP contribution in [0.5, 0.6) is 5.75 Å². The summed E-state index contributed by atoms with van der Waals surface area (Å²) in [5.41, 5.74) is 1.85. The van der Waals surface area contributed by atoms with E-state index in [9.17, 15) is 0 Å². The van der Waals surface area contributed by atoms with Gasteiger partial charge in [-0.25, -0.2) is 0 Å². The zero-order chi connectivity index (χ0) is 14.7. The molecule has 1 atom stereocenters. The third-order valence-corrected chi connectivity index (χ3v) is 4.02. The van der Waals surface area contributed by atoms with Crippen molar-refractivity contribution in [2.75, 3.05) is 12.4 Å². The van der Waals surface area contributed by atoms with Gasteiger partial charge in [-0.05, 0) is 42.8 Å². The Morgan fingerprint density at radius 3 is 2.55 bits per heavy atom. The lowest BCUT2D eigenvalue weighted by Crippen LogP contribution is -2.08. The van der Waals surface area contributed by atoms with Gasteiger partial charge in [0.25, 0.3) is 0 Å². The highest BCUT2D eigenvalue weighted by Gasteiger charge is 2.12. The Morgan fingerprint density at radius 1 is 1.15 bits per heavy atom. The smallest absolute Gasteiger partial charge is 0.142 e. The van der Waals surface area contributed by atoms with E-state index in [0.29, 0.717) is 10.0 Å². The number of rotatable bonds is 4. The van der Waals surface area contributed by atoms with Crippen molar-refractivity contribution in [2.24, 2.45) is 0 Å². The fraction of sp³-hybridized carbons (Fsp3) is 0.200. The van der Waals surface area contributed by atoms with E-state index in [1.54, 1.807) is 13.2 Å². The molecule has 0 aliphatic carbocycles. The molecular weight excluding hydrogens is 361 g/mol. The van der Waals surface area contributed by atoms with Crippen LogP contribution in [-0.4, -0.2) is 7.11 Å². The van der Waals surface area contributed by atoms with Crippen molar-refractivity contribution >= 4 is 44.8 Å².